The lowest BCUT2D eigenvalue weighted by atomic mass is 10.1. The van der Waals surface area contributed by atoms with Gasteiger partial charge >= 0.3 is 12.2 Å². The summed E-state index contributed by atoms with van der Waals surface area (Å²) in [5.74, 6) is 0. The van der Waals surface area contributed by atoms with Crippen LogP contribution in [0.3, 0.4) is 0 Å². The number of aliphatic hydroxyl groups excluding tert-OH is 1. The topological polar surface area (TPSA) is 61.4 Å². The van der Waals surface area contributed by atoms with Crippen molar-refractivity contribution in [3.63, 3.8) is 0 Å². The zero-order chi connectivity index (χ0) is 13.8. The first-order valence-corrected chi connectivity index (χ1v) is 5.19. The molecule has 0 saturated heterocycles. The summed E-state index contributed by atoms with van der Waals surface area (Å²) < 4.78 is 37.8. The molecule has 1 aromatic rings. The number of para-hydroxylation sites is 1. The molecule has 0 bridgehead atoms. The van der Waals surface area contributed by atoms with E-state index in [4.69, 9.17) is 5.11 Å². The standard InChI is InChI=1S/C11H13F3N2O2/c1-7(6-17)15-10(18)16-9-5-3-2-4-8(9)11(12,13)14/h2-5,7,17H,6H2,1H3,(H2,15,16,18)/t7-/m0/s1. The summed E-state index contributed by atoms with van der Waals surface area (Å²) in [7, 11) is 0. The maximum Gasteiger partial charge on any atom is 0.418 e. The van der Waals surface area contributed by atoms with Gasteiger partial charge in [0.25, 0.3) is 0 Å². The quantitative estimate of drug-likeness (QED) is 0.782. The normalized spacial score (nSPS) is 12.9. The van der Waals surface area contributed by atoms with Crippen LogP contribution in [0.4, 0.5) is 23.7 Å². The number of carbonyl (C=O) groups excluding carboxylic acids is 1. The number of nitrogens with one attached hydrogen (secondary N) is 2. The minimum Gasteiger partial charge on any atom is -0.394 e. The molecule has 2 amide bonds. The molecule has 0 heterocycles. The second-order valence-corrected chi connectivity index (χ2v) is 3.73. The van der Waals surface area contributed by atoms with Crippen LogP contribution >= 0.6 is 0 Å². The molecular formula is C11H13F3N2O2. The number of aliphatic hydroxyl groups is 1. The van der Waals surface area contributed by atoms with E-state index in [1.807, 2.05) is 0 Å². The molecule has 0 aliphatic rings. The van der Waals surface area contributed by atoms with Gasteiger partial charge < -0.3 is 15.7 Å². The molecule has 0 saturated carbocycles. The van der Waals surface area contributed by atoms with Gasteiger partial charge in [-0.15, -0.1) is 0 Å². The van der Waals surface area contributed by atoms with Gasteiger partial charge in [0.15, 0.2) is 0 Å². The number of alkyl halides is 3. The number of anilines is 1. The number of urea groups is 1. The number of hydrogen-bond acceptors (Lipinski definition) is 2. The average molecular weight is 262 g/mol. The number of benzene rings is 1. The molecule has 4 nitrogen and oxygen atoms in total. The minimum atomic E-state index is -4.54. The molecule has 0 aliphatic heterocycles. The summed E-state index contributed by atoms with van der Waals surface area (Å²) in [5, 5.41) is 13.1. The Morgan fingerprint density at radius 3 is 2.56 bits per heavy atom. The molecule has 0 aliphatic carbocycles. The fourth-order valence-electron chi connectivity index (χ4n) is 1.27. The number of halogens is 3. The molecule has 0 fully saturated rings. The predicted molar refractivity (Wildman–Crippen MR) is 60.1 cm³/mol. The average Bonchev–Trinajstić information content (AvgIpc) is 2.27. The van der Waals surface area contributed by atoms with Crippen molar-refractivity contribution < 1.29 is 23.1 Å². The Morgan fingerprint density at radius 1 is 1.39 bits per heavy atom. The lowest BCUT2D eigenvalue weighted by molar-refractivity contribution is -0.136. The van der Waals surface area contributed by atoms with E-state index in [-0.39, 0.29) is 12.3 Å². The van der Waals surface area contributed by atoms with Crippen LogP contribution < -0.4 is 10.6 Å². The third kappa shape index (κ3) is 3.92. The smallest absolute Gasteiger partial charge is 0.394 e. The van der Waals surface area contributed by atoms with Gasteiger partial charge in [0.05, 0.1) is 23.9 Å². The molecule has 18 heavy (non-hydrogen) atoms. The third-order valence-corrected chi connectivity index (χ3v) is 2.13. The Morgan fingerprint density at radius 2 is 2.00 bits per heavy atom. The van der Waals surface area contributed by atoms with Crippen LogP contribution in [-0.2, 0) is 6.18 Å². The Hall–Kier alpha value is -1.76. The van der Waals surface area contributed by atoms with Crippen molar-refractivity contribution in [3.05, 3.63) is 29.8 Å². The highest BCUT2D eigenvalue weighted by Crippen LogP contribution is 2.34. The van der Waals surface area contributed by atoms with Crippen LogP contribution in [0.2, 0.25) is 0 Å². The number of carbonyl (C=O) groups is 1. The summed E-state index contributed by atoms with van der Waals surface area (Å²) in [5.41, 5.74) is -1.25. The first-order chi connectivity index (χ1) is 8.34. The fraction of sp³-hybridized carbons (Fsp3) is 0.364. The highest BCUT2D eigenvalue weighted by atomic mass is 19.4. The van der Waals surface area contributed by atoms with Crippen molar-refractivity contribution in [2.24, 2.45) is 0 Å². The fourth-order valence-corrected chi connectivity index (χ4v) is 1.27. The lowest BCUT2D eigenvalue weighted by Crippen LogP contribution is -2.38. The molecule has 1 rings (SSSR count). The van der Waals surface area contributed by atoms with Crippen molar-refractivity contribution in [2.75, 3.05) is 11.9 Å². The molecule has 0 aromatic heterocycles. The van der Waals surface area contributed by atoms with Gasteiger partial charge in [0.2, 0.25) is 0 Å². The van der Waals surface area contributed by atoms with E-state index in [1.165, 1.54) is 19.1 Å². The van der Waals surface area contributed by atoms with Gasteiger partial charge in [-0.2, -0.15) is 13.2 Å². The molecule has 1 aromatic carbocycles. The third-order valence-electron chi connectivity index (χ3n) is 2.13. The van der Waals surface area contributed by atoms with E-state index in [9.17, 15) is 18.0 Å². The molecule has 3 N–H and O–H groups in total. The van der Waals surface area contributed by atoms with Crippen molar-refractivity contribution in [1.29, 1.82) is 0 Å². The second-order valence-electron chi connectivity index (χ2n) is 3.73. The lowest BCUT2D eigenvalue weighted by Gasteiger charge is -2.15. The van der Waals surface area contributed by atoms with Crippen LogP contribution in [0.1, 0.15) is 12.5 Å². The molecule has 1 atom stereocenters. The maximum atomic E-state index is 12.6. The van der Waals surface area contributed by atoms with Crippen LogP contribution in [0.25, 0.3) is 0 Å². The first-order valence-electron chi connectivity index (χ1n) is 5.19. The van der Waals surface area contributed by atoms with Gasteiger partial charge in [-0.25, -0.2) is 4.79 Å². The monoisotopic (exact) mass is 262 g/mol. The van der Waals surface area contributed by atoms with Gasteiger partial charge in [-0.3, -0.25) is 0 Å². The molecular weight excluding hydrogens is 249 g/mol. The zero-order valence-corrected chi connectivity index (χ0v) is 9.58. The molecule has 7 heteroatoms. The van der Waals surface area contributed by atoms with E-state index in [2.05, 4.69) is 10.6 Å². The summed E-state index contributed by atoms with van der Waals surface area (Å²) in [6.45, 7) is 1.23. The van der Waals surface area contributed by atoms with E-state index in [1.54, 1.807) is 0 Å². The second kappa shape index (κ2) is 5.72. The largest absolute Gasteiger partial charge is 0.418 e. The zero-order valence-electron chi connectivity index (χ0n) is 9.58. The minimum absolute atomic E-state index is 0.297. The number of rotatable bonds is 3. The predicted octanol–water partition coefficient (Wildman–Crippen LogP) is 2.21. The van der Waals surface area contributed by atoms with Gasteiger partial charge in [0.1, 0.15) is 0 Å². The Labute approximate surface area is 102 Å². The van der Waals surface area contributed by atoms with Crippen molar-refractivity contribution in [1.82, 2.24) is 5.32 Å². The summed E-state index contributed by atoms with van der Waals surface area (Å²) in [6.07, 6.45) is -4.54. The maximum absolute atomic E-state index is 12.6. The van der Waals surface area contributed by atoms with Crippen LogP contribution in [-0.4, -0.2) is 23.8 Å². The highest BCUT2D eigenvalue weighted by Gasteiger charge is 2.33. The summed E-state index contributed by atoms with van der Waals surface area (Å²) in [4.78, 5) is 11.4. The van der Waals surface area contributed by atoms with E-state index >= 15 is 0 Å². The van der Waals surface area contributed by atoms with E-state index < -0.39 is 23.8 Å². The summed E-state index contributed by atoms with van der Waals surface area (Å²) >= 11 is 0. The number of hydrogen-bond donors (Lipinski definition) is 3. The summed E-state index contributed by atoms with van der Waals surface area (Å²) in [6, 6.07) is 3.33. The Kier molecular flexibility index (Phi) is 4.55. The van der Waals surface area contributed by atoms with Crippen LogP contribution in [0.5, 0.6) is 0 Å². The van der Waals surface area contributed by atoms with Crippen molar-refractivity contribution in [2.45, 2.75) is 19.1 Å². The van der Waals surface area contributed by atoms with Crippen LogP contribution in [0, 0.1) is 0 Å². The number of amides is 2. The van der Waals surface area contributed by atoms with E-state index in [0.29, 0.717) is 0 Å². The van der Waals surface area contributed by atoms with Gasteiger partial charge in [-0.05, 0) is 19.1 Å². The molecule has 100 valence electrons. The van der Waals surface area contributed by atoms with E-state index in [0.717, 1.165) is 12.1 Å². The first kappa shape index (κ1) is 14.3. The Bertz CT molecular complexity index is 421. The van der Waals surface area contributed by atoms with Gasteiger partial charge in [-0.1, -0.05) is 12.1 Å². The van der Waals surface area contributed by atoms with Crippen LogP contribution in [0.15, 0.2) is 24.3 Å². The molecule has 0 radical (unpaired) electrons. The Balaban J connectivity index is 2.82. The molecule has 0 spiro atoms. The SMILES string of the molecule is C[C@@H](CO)NC(=O)Nc1ccccc1C(F)(F)F. The highest BCUT2D eigenvalue weighted by molar-refractivity contribution is 5.90. The molecule has 0 unspecified atom stereocenters. The van der Waals surface area contributed by atoms with Crippen molar-refractivity contribution in [3.8, 4) is 0 Å². The van der Waals surface area contributed by atoms with Gasteiger partial charge in [0, 0.05) is 0 Å². The van der Waals surface area contributed by atoms with Crippen molar-refractivity contribution >= 4 is 11.7 Å².